The van der Waals surface area contributed by atoms with Gasteiger partial charge in [0.25, 0.3) is 0 Å². The Kier molecular flexibility index (Phi) is 5.51. The van der Waals surface area contributed by atoms with Crippen LogP contribution >= 0.6 is 0 Å². The van der Waals surface area contributed by atoms with Crippen LogP contribution in [0.15, 0.2) is 24.3 Å². The van der Waals surface area contributed by atoms with Crippen molar-refractivity contribution in [3.63, 3.8) is 0 Å². The van der Waals surface area contributed by atoms with Gasteiger partial charge in [0.1, 0.15) is 17.6 Å². The third-order valence-corrected chi connectivity index (χ3v) is 4.32. The molecular formula is C18H29NO2. The van der Waals surface area contributed by atoms with Gasteiger partial charge in [0.15, 0.2) is 0 Å². The Morgan fingerprint density at radius 3 is 2.76 bits per heavy atom. The van der Waals surface area contributed by atoms with Crippen LogP contribution in [0.2, 0.25) is 0 Å². The number of rotatable bonds is 6. The van der Waals surface area contributed by atoms with Gasteiger partial charge < -0.3 is 14.8 Å². The Hall–Kier alpha value is -1.22. The van der Waals surface area contributed by atoms with Crippen LogP contribution in [-0.4, -0.2) is 25.8 Å². The molecule has 21 heavy (non-hydrogen) atoms. The summed E-state index contributed by atoms with van der Waals surface area (Å²) in [6, 6.07) is 8.37. The molecule has 118 valence electrons. The van der Waals surface area contributed by atoms with Crippen molar-refractivity contribution < 1.29 is 9.47 Å². The summed E-state index contributed by atoms with van der Waals surface area (Å²) < 4.78 is 11.6. The molecule has 2 unspecified atom stereocenters. The maximum absolute atomic E-state index is 6.30. The normalized spacial score (nSPS) is 24.6. The molecule has 0 bridgehead atoms. The van der Waals surface area contributed by atoms with Gasteiger partial charge in [-0.15, -0.1) is 0 Å². The zero-order valence-corrected chi connectivity index (χ0v) is 13.8. The van der Waals surface area contributed by atoms with Crippen molar-refractivity contribution in [2.24, 2.45) is 5.41 Å². The highest BCUT2D eigenvalue weighted by Gasteiger charge is 2.36. The van der Waals surface area contributed by atoms with E-state index in [0.29, 0.717) is 11.5 Å². The van der Waals surface area contributed by atoms with Crippen molar-refractivity contribution in [2.75, 3.05) is 13.7 Å². The van der Waals surface area contributed by atoms with Crippen LogP contribution in [0.4, 0.5) is 0 Å². The summed E-state index contributed by atoms with van der Waals surface area (Å²) in [5.74, 6) is 1.75. The van der Waals surface area contributed by atoms with E-state index in [1.54, 1.807) is 7.11 Å². The number of hydrogen-bond donors (Lipinski definition) is 1. The first-order chi connectivity index (χ1) is 10.0. The molecule has 1 aromatic carbocycles. The van der Waals surface area contributed by atoms with Crippen LogP contribution in [0.25, 0.3) is 0 Å². The molecule has 0 radical (unpaired) electrons. The number of methoxy groups -OCH3 is 1. The zero-order valence-electron chi connectivity index (χ0n) is 13.8. The molecule has 2 atom stereocenters. The lowest BCUT2D eigenvalue weighted by Gasteiger charge is -2.41. The summed E-state index contributed by atoms with van der Waals surface area (Å²) in [6.45, 7) is 7.94. The van der Waals surface area contributed by atoms with Gasteiger partial charge in [-0.1, -0.05) is 26.8 Å². The molecule has 1 saturated carbocycles. The molecule has 0 aliphatic heterocycles. The molecule has 0 heterocycles. The topological polar surface area (TPSA) is 30.5 Å². The number of hydrogen-bond acceptors (Lipinski definition) is 3. The largest absolute Gasteiger partial charge is 0.497 e. The van der Waals surface area contributed by atoms with Crippen LogP contribution in [-0.2, 0) is 0 Å². The summed E-state index contributed by atoms with van der Waals surface area (Å²) in [5.41, 5.74) is 0.355. The smallest absolute Gasteiger partial charge is 0.123 e. The van der Waals surface area contributed by atoms with Crippen LogP contribution in [0.1, 0.15) is 46.5 Å². The molecule has 0 spiro atoms. The van der Waals surface area contributed by atoms with E-state index in [4.69, 9.17) is 9.47 Å². The Morgan fingerprint density at radius 2 is 2.05 bits per heavy atom. The fourth-order valence-electron chi connectivity index (χ4n) is 3.06. The van der Waals surface area contributed by atoms with Crippen LogP contribution < -0.4 is 14.8 Å². The highest BCUT2D eigenvalue weighted by molar-refractivity contribution is 5.33. The van der Waals surface area contributed by atoms with Crippen molar-refractivity contribution in [1.29, 1.82) is 0 Å². The van der Waals surface area contributed by atoms with Gasteiger partial charge in [-0.3, -0.25) is 0 Å². The van der Waals surface area contributed by atoms with E-state index in [9.17, 15) is 0 Å². The van der Waals surface area contributed by atoms with Gasteiger partial charge in [0.05, 0.1) is 7.11 Å². The van der Waals surface area contributed by atoms with E-state index in [2.05, 4.69) is 26.1 Å². The third kappa shape index (κ3) is 4.63. The predicted molar refractivity (Wildman–Crippen MR) is 87.1 cm³/mol. The second-order valence-electron chi connectivity index (χ2n) is 6.80. The van der Waals surface area contributed by atoms with E-state index < -0.39 is 0 Å². The van der Waals surface area contributed by atoms with E-state index in [1.165, 1.54) is 12.8 Å². The second kappa shape index (κ2) is 7.17. The molecule has 1 aromatic rings. The molecule has 0 saturated heterocycles. The molecule has 0 aromatic heterocycles. The lowest BCUT2D eigenvalue weighted by atomic mass is 9.74. The summed E-state index contributed by atoms with van der Waals surface area (Å²) in [5, 5.41) is 3.65. The maximum atomic E-state index is 6.30. The minimum absolute atomic E-state index is 0.229. The first-order valence-corrected chi connectivity index (χ1v) is 8.08. The quantitative estimate of drug-likeness (QED) is 0.858. The summed E-state index contributed by atoms with van der Waals surface area (Å²) in [7, 11) is 1.69. The Labute approximate surface area is 129 Å². The van der Waals surface area contributed by atoms with Crippen molar-refractivity contribution in [2.45, 2.75) is 58.6 Å². The van der Waals surface area contributed by atoms with Gasteiger partial charge in [-0.2, -0.15) is 0 Å². The molecule has 1 aliphatic rings. The SMILES string of the molecule is CCCNC1CCC(C)(C)CC1Oc1cccc(OC)c1. The zero-order chi connectivity index (χ0) is 15.3. The number of benzene rings is 1. The van der Waals surface area contributed by atoms with Gasteiger partial charge >= 0.3 is 0 Å². The van der Waals surface area contributed by atoms with Crippen molar-refractivity contribution >= 4 is 0 Å². The molecule has 1 aliphatic carbocycles. The Balaban J connectivity index is 2.07. The minimum atomic E-state index is 0.229. The van der Waals surface area contributed by atoms with Gasteiger partial charge in [0.2, 0.25) is 0 Å². The van der Waals surface area contributed by atoms with E-state index in [1.807, 2.05) is 24.3 Å². The monoisotopic (exact) mass is 291 g/mol. The third-order valence-electron chi connectivity index (χ3n) is 4.32. The van der Waals surface area contributed by atoms with E-state index >= 15 is 0 Å². The lowest BCUT2D eigenvalue weighted by molar-refractivity contribution is 0.0530. The fourth-order valence-corrected chi connectivity index (χ4v) is 3.06. The van der Waals surface area contributed by atoms with Gasteiger partial charge in [0, 0.05) is 12.1 Å². The second-order valence-corrected chi connectivity index (χ2v) is 6.80. The predicted octanol–water partition coefficient (Wildman–Crippen LogP) is 4.02. The lowest BCUT2D eigenvalue weighted by Crippen LogP contribution is -2.49. The van der Waals surface area contributed by atoms with Crippen LogP contribution in [0.5, 0.6) is 11.5 Å². The summed E-state index contributed by atoms with van der Waals surface area (Å²) >= 11 is 0. The molecule has 0 amide bonds. The molecule has 1 fully saturated rings. The summed E-state index contributed by atoms with van der Waals surface area (Å²) in [6.07, 6.45) is 4.91. The number of nitrogens with one attached hydrogen (secondary N) is 1. The average Bonchev–Trinajstić information content (AvgIpc) is 2.46. The molecular weight excluding hydrogens is 262 g/mol. The molecule has 3 nitrogen and oxygen atoms in total. The molecule has 2 rings (SSSR count). The Morgan fingerprint density at radius 1 is 1.29 bits per heavy atom. The molecule has 1 N–H and O–H groups in total. The fraction of sp³-hybridized carbons (Fsp3) is 0.667. The Bertz CT molecular complexity index is 445. The van der Waals surface area contributed by atoms with Crippen molar-refractivity contribution in [3.05, 3.63) is 24.3 Å². The van der Waals surface area contributed by atoms with Crippen LogP contribution in [0.3, 0.4) is 0 Å². The molecule has 3 heteroatoms. The summed E-state index contributed by atoms with van der Waals surface area (Å²) in [4.78, 5) is 0. The van der Waals surface area contributed by atoms with Crippen molar-refractivity contribution in [3.8, 4) is 11.5 Å². The first kappa shape index (κ1) is 16.2. The van der Waals surface area contributed by atoms with E-state index in [0.717, 1.165) is 30.9 Å². The minimum Gasteiger partial charge on any atom is -0.497 e. The van der Waals surface area contributed by atoms with E-state index in [-0.39, 0.29) is 6.10 Å². The van der Waals surface area contributed by atoms with Crippen LogP contribution in [0, 0.1) is 5.41 Å². The maximum Gasteiger partial charge on any atom is 0.123 e. The highest BCUT2D eigenvalue weighted by Crippen LogP contribution is 2.37. The van der Waals surface area contributed by atoms with Gasteiger partial charge in [-0.25, -0.2) is 0 Å². The number of ether oxygens (including phenoxy) is 2. The highest BCUT2D eigenvalue weighted by atomic mass is 16.5. The van der Waals surface area contributed by atoms with Crippen molar-refractivity contribution in [1.82, 2.24) is 5.32 Å². The average molecular weight is 291 g/mol. The standard InChI is InChI=1S/C18H29NO2/c1-5-11-19-16-9-10-18(2,3)13-17(16)21-15-8-6-7-14(12-15)20-4/h6-8,12,16-17,19H,5,9-11,13H2,1-4H3. The first-order valence-electron chi connectivity index (χ1n) is 8.08. The van der Waals surface area contributed by atoms with Gasteiger partial charge in [-0.05, 0) is 49.8 Å².